The third-order valence-corrected chi connectivity index (χ3v) is 12.2. The highest BCUT2D eigenvalue weighted by Crippen LogP contribution is 2.15. The van der Waals surface area contributed by atoms with Crippen molar-refractivity contribution in [2.45, 2.75) is 270 Å². The van der Waals surface area contributed by atoms with Gasteiger partial charge in [0, 0.05) is 6.42 Å². The summed E-state index contributed by atoms with van der Waals surface area (Å²) in [6.07, 6.45) is 85.3. The minimum Gasteiger partial charge on any atom is -0.394 e. The monoisotopic (exact) mass is 914 g/mol. The fraction of sp³-hybridized carbons (Fsp3) is 0.694. The lowest BCUT2D eigenvalue weighted by Gasteiger charge is -2.19. The van der Waals surface area contributed by atoms with E-state index < -0.39 is 12.1 Å². The molecule has 0 fully saturated rings. The molecule has 0 aromatic rings. The standard InChI is InChI=1S/C62H107NO3/c1-3-5-7-9-11-13-15-17-19-21-23-25-27-29-30-31-32-34-35-37-39-41-43-45-47-49-51-53-55-57-61(65)60(59-64)63-62(66)58-56-54-52-50-48-46-44-42-40-38-36-33-28-26-24-22-20-18-16-14-12-10-8-6-4-2/h6,8,12,14,18,20,24,26,33,36,39-42,47,49,55,57,60-61,64-65H,3-5,7,9-11,13,15-17,19,21-23,25,27-32,34-35,37-38,43-46,48,50-54,56,58-59H2,1-2H3,(H,63,66)/b8-6-,14-12-,20-18-,26-24-,36-33-,41-39+,42-40-,49-47+,57-55+. The minimum absolute atomic E-state index is 0.0956. The van der Waals surface area contributed by atoms with Crippen LogP contribution in [0.25, 0.3) is 0 Å². The molecule has 0 spiro atoms. The third kappa shape index (κ3) is 52.0. The van der Waals surface area contributed by atoms with Crippen LogP contribution in [0, 0.1) is 0 Å². The van der Waals surface area contributed by atoms with Crippen LogP contribution >= 0.6 is 0 Å². The molecule has 0 aliphatic heterocycles. The number of carbonyl (C=O) groups is 1. The maximum absolute atomic E-state index is 12.5. The molecule has 2 atom stereocenters. The van der Waals surface area contributed by atoms with Gasteiger partial charge in [-0.25, -0.2) is 0 Å². The molecule has 3 N–H and O–H groups in total. The van der Waals surface area contributed by atoms with Crippen LogP contribution in [0.5, 0.6) is 0 Å². The van der Waals surface area contributed by atoms with Crippen LogP contribution < -0.4 is 5.32 Å². The van der Waals surface area contributed by atoms with Gasteiger partial charge in [0.1, 0.15) is 0 Å². The first-order valence-corrected chi connectivity index (χ1v) is 28.1. The van der Waals surface area contributed by atoms with E-state index in [1.165, 1.54) is 148 Å². The Labute approximate surface area is 410 Å². The zero-order valence-corrected chi connectivity index (χ0v) is 43.4. The minimum atomic E-state index is -0.886. The van der Waals surface area contributed by atoms with Crippen LogP contribution in [-0.2, 0) is 4.79 Å². The molecule has 0 rings (SSSR count). The van der Waals surface area contributed by atoms with Crippen LogP contribution in [0.4, 0.5) is 0 Å². The molecule has 378 valence electrons. The molecule has 0 aliphatic rings. The van der Waals surface area contributed by atoms with Crippen LogP contribution in [0.1, 0.15) is 258 Å². The Kier molecular flexibility index (Phi) is 53.9. The maximum atomic E-state index is 12.5. The highest BCUT2D eigenvalue weighted by Gasteiger charge is 2.17. The summed E-state index contributed by atoms with van der Waals surface area (Å²) in [7, 11) is 0. The van der Waals surface area contributed by atoms with E-state index in [9.17, 15) is 15.0 Å². The zero-order valence-electron chi connectivity index (χ0n) is 43.4. The van der Waals surface area contributed by atoms with Gasteiger partial charge in [0.25, 0.3) is 0 Å². The second-order valence-corrected chi connectivity index (χ2v) is 18.6. The lowest BCUT2D eigenvalue weighted by Crippen LogP contribution is -2.45. The van der Waals surface area contributed by atoms with E-state index in [1.54, 1.807) is 6.08 Å². The van der Waals surface area contributed by atoms with Gasteiger partial charge < -0.3 is 15.5 Å². The molecule has 66 heavy (non-hydrogen) atoms. The fourth-order valence-electron chi connectivity index (χ4n) is 7.98. The number of carbonyl (C=O) groups excluding carboxylic acids is 1. The van der Waals surface area contributed by atoms with Crippen LogP contribution in [-0.4, -0.2) is 34.9 Å². The molecular weight excluding hydrogens is 807 g/mol. The molecule has 2 unspecified atom stereocenters. The highest BCUT2D eigenvalue weighted by molar-refractivity contribution is 5.76. The number of aliphatic hydroxyl groups excluding tert-OH is 2. The van der Waals surface area contributed by atoms with Crippen LogP contribution in [0.15, 0.2) is 109 Å². The van der Waals surface area contributed by atoms with Gasteiger partial charge in [0.2, 0.25) is 5.91 Å². The van der Waals surface area contributed by atoms with Crippen molar-refractivity contribution >= 4 is 5.91 Å². The van der Waals surface area contributed by atoms with Gasteiger partial charge in [-0.05, 0) is 96.3 Å². The predicted molar refractivity (Wildman–Crippen MR) is 294 cm³/mol. The fourth-order valence-corrected chi connectivity index (χ4v) is 7.98. The average Bonchev–Trinajstić information content (AvgIpc) is 3.32. The quantitative estimate of drug-likeness (QED) is 0.0421. The number of hydrogen-bond donors (Lipinski definition) is 3. The van der Waals surface area contributed by atoms with Crippen LogP contribution in [0.3, 0.4) is 0 Å². The normalized spacial score (nSPS) is 13.7. The lowest BCUT2D eigenvalue weighted by molar-refractivity contribution is -0.123. The summed E-state index contributed by atoms with van der Waals surface area (Å²) in [5.74, 6) is -0.0956. The van der Waals surface area contributed by atoms with Crippen molar-refractivity contribution in [3.63, 3.8) is 0 Å². The smallest absolute Gasteiger partial charge is 0.220 e. The first kappa shape index (κ1) is 63.1. The Hall–Kier alpha value is -2.95. The number of unbranched alkanes of at least 4 members (excludes halogenated alkanes) is 27. The largest absolute Gasteiger partial charge is 0.394 e. The van der Waals surface area contributed by atoms with E-state index >= 15 is 0 Å². The van der Waals surface area contributed by atoms with Crippen molar-refractivity contribution in [1.29, 1.82) is 0 Å². The second-order valence-electron chi connectivity index (χ2n) is 18.6. The number of hydrogen-bond acceptors (Lipinski definition) is 3. The number of rotatable bonds is 50. The first-order valence-electron chi connectivity index (χ1n) is 28.1. The van der Waals surface area contributed by atoms with Crippen molar-refractivity contribution in [3.05, 3.63) is 109 Å². The summed E-state index contributed by atoms with van der Waals surface area (Å²) in [6.45, 7) is 4.18. The Morgan fingerprint density at radius 2 is 0.682 bits per heavy atom. The van der Waals surface area contributed by atoms with Crippen molar-refractivity contribution in [2.75, 3.05) is 6.61 Å². The highest BCUT2D eigenvalue weighted by atomic mass is 16.3. The lowest BCUT2D eigenvalue weighted by atomic mass is 10.0. The molecule has 0 aliphatic carbocycles. The Bertz CT molecular complexity index is 1270. The molecular formula is C62H107NO3. The van der Waals surface area contributed by atoms with Gasteiger partial charge in [0.15, 0.2) is 0 Å². The van der Waals surface area contributed by atoms with Gasteiger partial charge in [0.05, 0.1) is 18.8 Å². The summed E-state index contributed by atoms with van der Waals surface area (Å²) in [5, 5.41) is 23.1. The van der Waals surface area contributed by atoms with Crippen molar-refractivity contribution in [1.82, 2.24) is 5.32 Å². The van der Waals surface area contributed by atoms with E-state index in [0.717, 1.165) is 89.9 Å². The predicted octanol–water partition coefficient (Wildman–Crippen LogP) is 18.7. The van der Waals surface area contributed by atoms with E-state index in [2.05, 4.69) is 116 Å². The Morgan fingerprint density at radius 1 is 0.379 bits per heavy atom. The summed E-state index contributed by atoms with van der Waals surface area (Å²) in [4.78, 5) is 12.5. The van der Waals surface area contributed by atoms with E-state index in [0.29, 0.717) is 6.42 Å². The number of aliphatic hydroxyl groups is 2. The maximum Gasteiger partial charge on any atom is 0.220 e. The van der Waals surface area contributed by atoms with Gasteiger partial charge in [-0.2, -0.15) is 0 Å². The van der Waals surface area contributed by atoms with Crippen molar-refractivity contribution in [2.24, 2.45) is 0 Å². The van der Waals surface area contributed by atoms with E-state index in [-0.39, 0.29) is 12.5 Å². The second kappa shape index (κ2) is 56.4. The summed E-state index contributed by atoms with van der Waals surface area (Å²) in [5.41, 5.74) is 0. The van der Waals surface area contributed by atoms with Crippen LogP contribution in [0.2, 0.25) is 0 Å². The summed E-state index contributed by atoms with van der Waals surface area (Å²) in [6, 6.07) is -0.663. The SMILES string of the molecule is CC/C=C\C/C=C\C/C=C\C/C=C\C/C=C\C/C=C\CCCCCCCCC(=O)NC(CO)C(O)/C=C/CC/C=C/CC/C=C/CCCCCCCCCCCCCCCCCCCCC. The summed E-state index contributed by atoms with van der Waals surface area (Å²) >= 11 is 0. The molecule has 0 saturated carbocycles. The van der Waals surface area contributed by atoms with E-state index in [1.807, 2.05) is 6.08 Å². The van der Waals surface area contributed by atoms with Gasteiger partial charge in [-0.15, -0.1) is 0 Å². The van der Waals surface area contributed by atoms with Gasteiger partial charge in [-0.1, -0.05) is 264 Å². The van der Waals surface area contributed by atoms with Crippen molar-refractivity contribution < 1.29 is 15.0 Å². The molecule has 0 saturated heterocycles. The summed E-state index contributed by atoms with van der Waals surface area (Å²) < 4.78 is 0. The van der Waals surface area contributed by atoms with Crippen molar-refractivity contribution in [3.8, 4) is 0 Å². The average molecular weight is 915 g/mol. The topological polar surface area (TPSA) is 69.6 Å². The number of amides is 1. The third-order valence-electron chi connectivity index (χ3n) is 12.2. The number of allylic oxidation sites excluding steroid dienone is 17. The number of nitrogens with one attached hydrogen (secondary N) is 1. The Balaban J connectivity index is 3.64. The zero-order chi connectivity index (χ0) is 47.7. The molecule has 0 bridgehead atoms. The molecule has 1 amide bonds. The van der Waals surface area contributed by atoms with E-state index in [4.69, 9.17) is 0 Å². The van der Waals surface area contributed by atoms with Gasteiger partial charge >= 0.3 is 0 Å². The molecule has 0 heterocycles. The first-order chi connectivity index (χ1) is 32.7. The molecule has 4 heteroatoms. The Morgan fingerprint density at radius 3 is 1.06 bits per heavy atom. The molecule has 0 aromatic carbocycles. The molecule has 0 radical (unpaired) electrons. The molecule has 4 nitrogen and oxygen atoms in total. The molecule has 0 aromatic heterocycles. The van der Waals surface area contributed by atoms with Gasteiger partial charge in [-0.3, -0.25) is 4.79 Å².